The third kappa shape index (κ3) is 5.34. The molecule has 5 rings (SSSR count). The lowest BCUT2D eigenvalue weighted by Crippen LogP contribution is -2.57. The molecule has 7 nitrogen and oxygen atoms in total. The Morgan fingerprint density at radius 1 is 0.923 bits per heavy atom. The Labute approximate surface area is 238 Å². The SMILES string of the molecule is Cc1ccc(NC(=O)CN2CN(c3ccccc3)C3(CCN(C(=O)c4ccc(Cl)cc4Cl)CC3)C2=O)cc1C. The highest BCUT2D eigenvalue weighted by molar-refractivity contribution is 6.36. The number of nitrogens with zero attached hydrogens (tertiary/aromatic N) is 3. The van der Waals surface area contributed by atoms with Crippen LogP contribution in [0.5, 0.6) is 0 Å². The molecule has 0 bridgehead atoms. The van der Waals surface area contributed by atoms with E-state index >= 15 is 0 Å². The highest BCUT2D eigenvalue weighted by Crippen LogP contribution is 2.40. The van der Waals surface area contributed by atoms with Gasteiger partial charge in [-0.15, -0.1) is 0 Å². The zero-order valence-corrected chi connectivity index (χ0v) is 23.4. The molecular weight excluding hydrogens is 535 g/mol. The van der Waals surface area contributed by atoms with Crippen molar-refractivity contribution in [2.24, 2.45) is 0 Å². The minimum absolute atomic E-state index is 0.0557. The number of benzene rings is 3. The second-order valence-electron chi connectivity index (χ2n) is 10.2. The lowest BCUT2D eigenvalue weighted by molar-refractivity contribution is -0.136. The average molecular weight is 566 g/mol. The number of carbonyl (C=O) groups is 3. The number of rotatable bonds is 5. The van der Waals surface area contributed by atoms with Crippen LogP contribution in [0.4, 0.5) is 11.4 Å². The molecule has 2 heterocycles. The van der Waals surface area contributed by atoms with Gasteiger partial charge in [-0.3, -0.25) is 14.4 Å². The fourth-order valence-corrected chi connectivity index (χ4v) is 5.92. The number of halogens is 2. The van der Waals surface area contributed by atoms with E-state index in [1.807, 2.05) is 62.4 Å². The number of amides is 3. The van der Waals surface area contributed by atoms with Crippen molar-refractivity contribution in [3.8, 4) is 0 Å². The molecule has 3 aromatic rings. The van der Waals surface area contributed by atoms with Gasteiger partial charge in [-0.2, -0.15) is 0 Å². The Kier molecular flexibility index (Phi) is 7.56. The number of hydrogen-bond donors (Lipinski definition) is 1. The Bertz CT molecular complexity index is 1420. The van der Waals surface area contributed by atoms with Gasteiger partial charge in [0.15, 0.2) is 0 Å². The number of aryl methyl sites for hydroxylation is 2. The molecule has 2 saturated heterocycles. The summed E-state index contributed by atoms with van der Waals surface area (Å²) in [4.78, 5) is 45.6. The first kappa shape index (κ1) is 27.0. The van der Waals surface area contributed by atoms with Gasteiger partial charge in [0.2, 0.25) is 5.91 Å². The normalized spacial score (nSPS) is 16.6. The fraction of sp³-hybridized carbons (Fsp3) is 0.300. The van der Waals surface area contributed by atoms with E-state index in [0.717, 1.165) is 16.8 Å². The second-order valence-corrected chi connectivity index (χ2v) is 11.0. The molecule has 202 valence electrons. The lowest BCUT2D eigenvalue weighted by atomic mass is 9.85. The van der Waals surface area contributed by atoms with Gasteiger partial charge in [-0.1, -0.05) is 47.5 Å². The number of carbonyl (C=O) groups excluding carboxylic acids is 3. The maximum Gasteiger partial charge on any atom is 0.255 e. The first-order chi connectivity index (χ1) is 18.7. The predicted octanol–water partition coefficient (Wildman–Crippen LogP) is 5.53. The predicted molar refractivity (Wildman–Crippen MR) is 154 cm³/mol. The average Bonchev–Trinajstić information content (AvgIpc) is 3.17. The molecule has 0 radical (unpaired) electrons. The molecule has 9 heteroatoms. The molecule has 0 unspecified atom stereocenters. The van der Waals surface area contributed by atoms with Gasteiger partial charge in [0, 0.05) is 29.5 Å². The Balaban J connectivity index is 1.34. The molecule has 3 amide bonds. The standard InChI is InChI=1S/C30H30Cl2N4O3/c1-20-8-10-23(16-21(20)2)33-27(37)18-35-19-36(24-6-4-3-5-7-24)30(29(35)39)12-14-34(15-13-30)28(38)25-11-9-22(31)17-26(25)32/h3-11,16-17H,12-15,18-19H2,1-2H3,(H,33,37). The minimum atomic E-state index is -0.845. The number of likely N-dealkylation sites (tertiary alicyclic amines) is 1. The molecule has 39 heavy (non-hydrogen) atoms. The Hall–Kier alpha value is -3.55. The molecule has 2 fully saturated rings. The van der Waals surface area contributed by atoms with E-state index in [2.05, 4.69) is 10.2 Å². The first-order valence-electron chi connectivity index (χ1n) is 12.9. The van der Waals surface area contributed by atoms with Crippen LogP contribution in [0, 0.1) is 13.8 Å². The second kappa shape index (κ2) is 10.9. The summed E-state index contributed by atoms with van der Waals surface area (Å²) in [5.74, 6) is -0.535. The summed E-state index contributed by atoms with van der Waals surface area (Å²) in [5, 5.41) is 3.69. The van der Waals surface area contributed by atoms with Crippen molar-refractivity contribution in [2.75, 3.05) is 36.5 Å². The third-order valence-corrected chi connectivity index (χ3v) is 8.29. The first-order valence-corrected chi connectivity index (χ1v) is 13.7. The van der Waals surface area contributed by atoms with Gasteiger partial charge < -0.3 is 20.0 Å². The molecule has 2 aliphatic rings. The van der Waals surface area contributed by atoms with E-state index < -0.39 is 5.54 Å². The van der Waals surface area contributed by atoms with E-state index in [1.165, 1.54) is 0 Å². The molecule has 1 N–H and O–H groups in total. The highest BCUT2D eigenvalue weighted by Gasteiger charge is 2.54. The van der Waals surface area contributed by atoms with Crippen molar-refractivity contribution in [3.63, 3.8) is 0 Å². The summed E-state index contributed by atoms with van der Waals surface area (Å²) in [6.07, 6.45) is 0.875. The molecule has 0 aliphatic carbocycles. The largest absolute Gasteiger partial charge is 0.339 e. The van der Waals surface area contributed by atoms with Gasteiger partial charge in [0.25, 0.3) is 11.8 Å². The molecule has 1 spiro atoms. The van der Waals surface area contributed by atoms with E-state index in [0.29, 0.717) is 53.9 Å². The molecule has 0 aromatic heterocycles. The van der Waals surface area contributed by atoms with Crippen LogP contribution in [-0.4, -0.2) is 59.4 Å². The number of nitrogens with one attached hydrogen (secondary N) is 1. The lowest BCUT2D eigenvalue weighted by Gasteiger charge is -2.43. The molecule has 0 atom stereocenters. The van der Waals surface area contributed by atoms with E-state index in [4.69, 9.17) is 23.2 Å². The summed E-state index contributed by atoms with van der Waals surface area (Å²) in [5.41, 5.74) is 3.38. The number of hydrogen-bond acceptors (Lipinski definition) is 4. The maximum absolute atomic E-state index is 14.0. The van der Waals surface area contributed by atoms with Crippen LogP contribution < -0.4 is 10.2 Å². The van der Waals surface area contributed by atoms with Gasteiger partial charge in [-0.25, -0.2) is 0 Å². The van der Waals surface area contributed by atoms with Crippen LogP contribution in [0.3, 0.4) is 0 Å². The van der Waals surface area contributed by atoms with Gasteiger partial charge in [0.1, 0.15) is 12.1 Å². The quantitative estimate of drug-likeness (QED) is 0.442. The van der Waals surface area contributed by atoms with Crippen molar-refractivity contribution in [3.05, 3.63) is 93.5 Å². The molecule has 0 saturated carbocycles. The van der Waals surface area contributed by atoms with Crippen LogP contribution in [0.25, 0.3) is 0 Å². The van der Waals surface area contributed by atoms with Crippen LogP contribution >= 0.6 is 23.2 Å². The summed E-state index contributed by atoms with van der Waals surface area (Å²) in [6, 6.07) is 20.3. The summed E-state index contributed by atoms with van der Waals surface area (Å²) >= 11 is 12.3. The number of para-hydroxylation sites is 1. The van der Waals surface area contributed by atoms with Crippen LogP contribution in [0.1, 0.15) is 34.3 Å². The van der Waals surface area contributed by atoms with Gasteiger partial charge in [-0.05, 0) is 80.3 Å². The molecular formula is C30H30Cl2N4O3. The van der Waals surface area contributed by atoms with Crippen LogP contribution in [0.15, 0.2) is 66.7 Å². The summed E-state index contributed by atoms with van der Waals surface area (Å²) < 4.78 is 0. The minimum Gasteiger partial charge on any atom is -0.339 e. The fourth-order valence-electron chi connectivity index (χ4n) is 5.43. The van der Waals surface area contributed by atoms with Crippen molar-refractivity contribution in [1.82, 2.24) is 9.80 Å². The zero-order chi connectivity index (χ0) is 27.7. The van der Waals surface area contributed by atoms with E-state index in [-0.39, 0.29) is 24.3 Å². The van der Waals surface area contributed by atoms with Gasteiger partial charge in [0.05, 0.1) is 17.3 Å². The van der Waals surface area contributed by atoms with Crippen molar-refractivity contribution < 1.29 is 14.4 Å². The highest BCUT2D eigenvalue weighted by atomic mass is 35.5. The van der Waals surface area contributed by atoms with Crippen molar-refractivity contribution in [1.29, 1.82) is 0 Å². The Morgan fingerprint density at radius 3 is 2.31 bits per heavy atom. The zero-order valence-electron chi connectivity index (χ0n) is 21.9. The molecule has 2 aliphatic heterocycles. The van der Waals surface area contributed by atoms with Crippen molar-refractivity contribution >= 4 is 52.3 Å². The topological polar surface area (TPSA) is 73.0 Å². The van der Waals surface area contributed by atoms with Crippen LogP contribution in [-0.2, 0) is 9.59 Å². The number of piperidine rings is 1. The Morgan fingerprint density at radius 2 is 1.64 bits per heavy atom. The van der Waals surface area contributed by atoms with Crippen molar-refractivity contribution in [2.45, 2.75) is 32.2 Å². The summed E-state index contributed by atoms with van der Waals surface area (Å²) in [7, 11) is 0. The summed E-state index contributed by atoms with van der Waals surface area (Å²) in [6.45, 7) is 5.02. The smallest absolute Gasteiger partial charge is 0.255 e. The third-order valence-electron chi connectivity index (χ3n) is 7.75. The molecule has 3 aromatic carbocycles. The van der Waals surface area contributed by atoms with Gasteiger partial charge >= 0.3 is 0 Å². The number of anilines is 2. The van der Waals surface area contributed by atoms with Crippen LogP contribution in [0.2, 0.25) is 10.0 Å². The monoisotopic (exact) mass is 564 g/mol. The van der Waals surface area contributed by atoms with E-state index in [9.17, 15) is 14.4 Å². The maximum atomic E-state index is 14.0. The van der Waals surface area contributed by atoms with E-state index in [1.54, 1.807) is 28.0 Å².